The standard InChI is InChI=1S/C21H33Br/c1-2-3-4-5-6-7-8-9-10-11-12-13-14-17-20-18-15-16-19-21(20)22/h14-19H,2-13H2,1H3/b17-14+. The molecule has 0 aliphatic rings. The second kappa shape index (κ2) is 14.1. The van der Waals surface area contributed by atoms with Gasteiger partial charge in [0.25, 0.3) is 0 Å². The molecule has 0 saturated carbocycles. The highest BCUT2D eigenvalue weighted by atomic mass is 79.9. The molecule has 0 heterocycles. The van der Waals surface area contributed by atoms with E-state index in [1.165, 1.54) is 87.1 Å². The Hall–Kier alpha value is -0.560. The number of hydrogen-bond donors (Lipinski definition) is 0. The van der Waals surface area contributed by atoms with Crippen molar-refractivity contribution in [1.82, 2.24) is 0 Å². The molecule has 1 aromatic carbocycles. The third kappa shape index (κ3) is 10.2. The van der Waals surface area contributed by atoms with Crippen molar-refractivity contribution in [1.29, 1.82) is 0 Å². The van der Waals surface area contributed by atoms with Gasteiger partial charge in [0.15, 0.2) is 0 Å². The van der Waals surface area contributed by atoms with E-state index in [1.807, 2.05) is 0 Å². The zero-order valence-corrected chi connectivity index (χ0v) is 15.9. The van der Waals surface area contributed by atoms with Crippen LogP contribution in [0.15, 0.2) is 34.8 Å². The molecule has 0 unspecified atom stereocenters. The lowest BCUT2D eigenvalue weighted by atomic mass is 10.1. The fraction of sp³-hybridized carbons (Fsp3) is 0.619. The van der Waals surface area contributed by atoms with Crippen molar-refractivity contribution >= 4 is 22.0 Å². The molecule has 22 heavy (non-hydrogen) atoms. The highest BCUT2D eigenvalue weighted by Crippen LogP contribution is 2.18. The number of halogens is 1. The first-order valence-electron chi connectivity index (χ1n) is 9.25. The highest BCUT2D eigenvalue weighted by Gasteiger charge is 1.94. The van der Waals surface area contributed by atoms with Crippen molar-refractivity contribution in [3.05, 3.63) is 40.4 Å². The van der Waals surface area contributed by atoms with Gasteiger partial charge in [-0.05, 0) is 24.5 Å². The Morgan fingerprint density at radius 2 is 1.32 bits per heavy atom. The quantitative estimate of drug-likeness (QED) is 0.309. The summed E-state index contributed by atoms with van der Waals surface area (Å²) in [6, 6.07) is 8.40. The van der Waals surface area contributed by atoms with Crippen molar-refractivity contribution < 1.29 is 0 Å². The van der Waals surface area contributed by atoms with Gasteiger partial charge in [-0.15, -0.1) is 0 Å². The zero-order chi connectivity index (χ0) is 15.9. The minimum absolute atomic E-state index is 1.19. The summed E-state index contributed by atoms with van der Waals surface area (Å²) in [6.07, 6.45) is 21.3. The Balaban J connectivity index is 1.89. The predicted octanol–water partition coefficient (Wildman–Crippen LogP) is 8.16. The van der Waals surface area contributed by atoms with Gasteiger partial charge in [0.2, 0.25) is 0 Å². The lowest BCUT2D eigenvalue weighted by Gasteiger charge is -2.02. The molecule has 0 amide bonds. The molecule has 1 aromatic rings. The van der Waals surface area contributed by atoms with E-state index in [0.717, 1.165) is 0 Å². The van der Waals surface area contributed by atoms with Crippen LogP contribution in [0, 0.1) is 0 Å². The molecular weight excluding hydrogens is 332 g/mol. The maximum Gasteiger partial charge on any atom is 0.0247 e. The molecule has 0 radical (unpaired) electrons. The molecule has 0 aliphatic carbocycles. The Bertz CT molecular complexity index is 395. The summed E-state index contributed by atoms with van der Waals surface area (Å²) in [6.45, 7) is 2.29. The summed E-state index contributed by atoms with van der Waals surface area (Å²) in [5.41, 5.74) is 1.28. The molecule has 0 aliphatic heterocycles. The highest BCUT2D eigenvalue weighted by molar-refractivity contribution is 9.10. The van der Waals surface area contributed by atoms with Crippen molar-refractivity contribution in [2.75, 3.05) is 0 Å². The Morgan fingerprint density at radius 1 is 0.773 bits per heavy atom. The van der Waals surface area contributed by atoms with Gasteiger partial charge in [-0.1, -0.05) is 117 Å². The second-order valence-electron chi connectivity index (χ2n) is 6.25. The zero-order valence-electron chi connectivity index (χ0n) is 14.3. The maximum absolute atomic E-state index is 3.58. The van der Waals surface area contributed by atoms with Gasteiger partial charge in [-0.25, -0.2) is 0 Å². The van der Waals surface area contributed by atoms with E-state index in [1.54, 1.807) is 0 Å². The number of rotatable bonds is 13. The van der Waals surface area contributed by atoms with Gasteiger partial charge in [-0.2, -0.15) is 0 Å². The van der Waals surface area contributed by atoms with Gasteiger partial charge in [-0.3, -0.25) is 0 Å². The Labute approximate surface area is 146 Å². The topological polar surface area (TPSA) is 0 Å². The van der Waals surface area contributed by atoms with Crippen molar-refractivity contribution in [3.63, 3.8) is 0 Å². The summed E-state index contributed by atoms with van der Waals surface area (Å²) < 4.78 is 1.19. The van der Waals surface area contributed by atoms with E-state index in [4.69, 9.17) is 0 Å². The van der Waals surface area contributed by atoms with Crippen LogP contribution < -0.4 is 0 Å². The van der Waals surface area contributed by atoms with Crippen LogP contribution in [0.5, 0.6) is 0 Å². The molecule has 0 nitrogen and oxygen atoms in total. The summed E-state index contributed by atoms with van der Waals surface area (Å²) >= 11 is 3.58. The molecule has 0 saturated heterocycles. The smallest absolute Gasteiger partial charge is 0.0247 e. The number of unbranched alkanes of at least 4 members (excludes halogenated alkanes) is 11. The van der Waals surface area contributed by atoms with E-state index in [2.05, 4.69) is 59.3 Å². The van der Waals surface area contributed by atoms with Crippen molar-refractivity contribution in [2.45, 2.75) is 84.0 Å². The molecular formula is C21H33Br. The SMILES string of the molecule is CCCCCCCCCCCCC/C=C/c1ccccc1Br. The Morgan fingerprint density at radius 3 is 1.91 bits per heavy atom. The first kappa shape index (κ1) is 19.5. The molecule has 1 rings (SSSR count). The number of allylic oxidation sites excluding steroid dienone is 1. The molecule has 0 fully saturated rings. The average molecular weight is 365 g/mol. The second-order valence-corrected chi connectivity index (χ2v) is 7.10. The lowest BCUT2D eigenvalue weighted by molar-refractivity contribution is 0.550. The first-order chi connectivity index (χ1) is 10.8. The van der Waals surface area contributed by atoms with Crippen LogP contribution in [-0.4, -0.2) is 0 Å². The minimum atomic E-state index is 1.19. The first-order valence-corrected chi connectivity index (χ1v) is 10.0. The minimum Gasteiger partial charge on any atom is -0.0839 e. The largest absolute Gasteiger partial charge is 0.0839 e. The molecule has 1 heteroatoms. The summed E-state index contributed by atoms with van der Waals surface area (Å²) in [7, 11) is 0. The van der Waals surface area contributed by atoms with E-state index in [9.17, 15) is 0 Å². The predicted molar refractivity (Wildman–Crippen MR) is 104 cm³/mol. The van der Waals surface area contributed by atoms with Crippen LogP contribution in [0.25, 0.3) is 6.08 Å². The molecule has 0 N–H and O–H groups in total. The van der Waals surface area contributed by atoms with Crippen LogP contribution in [0.4, 0.5) is 0 Å². The molecule has 0 bridgehead atoms. The lowest BCUT2D eigenvalue weighted by Crippen LogP contribution is -1.82. The van der Waals surface area contributed by atoms with Crippen LogP contribution in [0.3, 0.4) is 0 Å². The molecule has 124 valence electrons. The third-order valence-corrected chi connectivity index (χ3v) is 4.90. The van der Waals surface area contributed by atoms with Crippen LogP contribution in [0.1, 0.15) is 89.5 Å². The monoisotopic (exact) mass is 364 g/mol. The van der Waals surface area contributed by atoms with Crippen LogP contribution in [-0.2, 0) is 0 Å². The van der Waals surface area contributed by atoms with Gasteiger partial charge in [0.05, 0.1) is 0 Å². The van der Waals surface area contributed by atoms with Gasteiger partial charge in [0.1, 0.15) is 0 Å². The van der Waals surface area contributed by atoms with Crippen molar-refractivity contribution in [3.8, 4) is 0 Å². The average Bonchev–Trinajstić information content (AvgIpc) is 2.53. The molecule has 0 atom stereocenters. The van der Waals surface area contributed by atoms with Crippen LogP contribution in [0.2, 0.25) is 0 Å². The van der Waals surface area contributed by atoms with Gasteiger partial charge < -0.3 is 0 Å². The van der Waals surface area contributed by atoms with E-state index < -0.39 is 0 Å². The number of benzene rings is 1. The third-order valence-electron chi connectivity index (χ3n) is 4.18. The van der Waals surface area contributed by atoms with E-state index in [0.29, 0.717) is 0 Å². The number of hydrogen-bond acceptors (Lipinski definition) is 0. The van der Waals surface area contributed by atoms with Crippen LogP contribution >= 0.6 is 15.9 Å². The Kier molecular flexibility index (Phi) is 12.5. The fourth-order valence-electron chi connectivity index (χ4n) is 2.75. The van der Waals surface area contributed by atoms with Gasteiger partial charge in [0, 0.05) is 4.47 Å². The molecule has 0 aromatic heterocycles. The summed E-state index contributed by atoms with van der Waals surface area (Å²) in [4.78, 5) is 0. The molecule has 0 spiro atoms. The van der Waals surface area contributed by atoms with Gasteiger partial charge >= 0.3 is 0 Å². The normalized spacial score (nSPS) is 11.4. The van der Waals surface area contributed by atoms with E-state index >= 15 is 0 Å². The summed E-state index contributed by atoms with van der Waals surface area (Å²) in [5, 5.41) is 0. The maximum atomic E-state index is 3.58. The van der Waals surface area contributed by atoms with E-state index in [-0.39, 0.29) is 0 Å². The fourth-order valence-corrected chi connectivity index (χ4v) is 3.16. The summed E-state index contributed by atoms with van der Waals surface area (Å²) in [5.74, 6) is 0. The van der Waals surface area contributed by atoms with Crippen molar-refractivity contribution in [2.24, 2.45) is 0 Å².